The molecule has 9 rings (SSSR count). The van der Waals surface area contributed by atoms with E-state index in [1.807, 2.05) is 32.3 Å². The zero-order chi connectivity index (χ0) is 38.3. The molecule has 1 saturated carbocycles. The number of likely N-dealkylation sites (tertiary alicyclic amines) is 1. The fourth-order valence-electron chi connectivity index (χ4n) is 8.70. The minimum Gasteiger partial charge on any atom is -0.490 e. The van der Waals surface area contributed by atoms with Crippen LogP contribution in [-0.2, 0) is 9.53 Å². The van der Waals surface area contributed by atoms with Crippen LogP contribution in [0.5, 0.6) is 5.75 Å². The molecule has 1 N–H and O–H groups in total. The van der Waals surface area contributed by atoms with Gasteiger partial charge in [-0.2, -0.15) is 0 Å². The molecule has 5 heterocycles. The average molecular weight is 778 g/mol. The Bertz CT molecular complexity index is 2080. The van der Waals surface area contributed by atoms with Gasteiger partial charge in [-0.05, 0) is 86.3 Å². The van der Waals surface area contributed by atoms with Crippen LogP contribution < -0.4 is 19.9 Å². The molecule has 56 heavy (non-hydrogen) atoms. The van der Waals surface area contributed by atoms with Crippen molar-refractivity contribution in [3.63, 3.8) is 0 Å². The summed E-state index contributed by atoms with van der Waals surface area (Å²) in [7, 11) is 4.10. The van der Waals surface area contributed by atoms with Gasteiger partial charge in [0.1, 0.15) is 22.9 Å². The van der Waals surface area contributed by atoms with E-state index in [1.165, 1.54) is 10.6 Å². The average Bonchev–Trinajstić information content (AvgIpc) is 3.74. The van der Waals surface area contributed by atoms with Crippen molar-refractivity contribution in [2.75, 3.05) is 82.8 Å². The standard InChI is InChI=1S/C43H51N7O5S/c1-46(2)29-7-5-28(6-8-29)41-45-37-12-10-32(27-39(37)56-41)55-34-25-33(26-34)54-31-13-16-47(17-14-31)18-19-48-20-22-49(23-21-48)30-9-11-35-36(24-30)43(53)50(42(35)52)38-4-3-15-44-40(38)51/h5-12,24,27,31,33-34,38H,3-4,13-23,25-26H2,1-2H3,(H,44,51)/t33-,34-,38?. The van der Waals surface area contributed by atoms with Crippen LogP contribution in [0, 0.1) is 0 Å². The van der Waals surface area contributed by atoms with E-state index in [2.05, 4.69) is 61.3 Å². The number of hydrogen-bond acceptors (Lipinski definition) is 11. The number of piperidine rings is 2. The minimum absolute atomic E-state index is 0.194. The maximum absolute atomic E-state index is 13.3. The SMILES string of the molecule is CN(C)c1ccc(-c2nc3ccc(O[C@H]4C[C@H](OC5CCN(CCN6CCN(c7ccc8c(c7)C(=O)N(C7CCCNC7=O)C8=O)CC6)CC5)C4)cc3s2)cc1. The van der Waals surface area contributed by atoms with Gasteiger partial charge in [0.15, 0.2) is 0 Å². The first-order valence-electron chi connectivity index (χ1n) is 20.3. The first-order valence-corrected chi connectivity index (χ1v) is 21.1. The Kier molecular flexibility index (Phi) is 10.4. The third-order valence-corrected chi connectivity index (χ3v) is 13.3. The van der Waals surface area contributed by atoms with E-state index < -0.39 is 6.04 Å². The first-order chi connectivity index (χ1) is 27.3. The number of fused-ring (bicyclic) bond motifs is 2. The molecule has 12 nitrogen and oxygen atoms in total. The highest BCUT2D eigenvalue weighted by Gasteiger charge is 2.44. The third kappa shape index (κ3) is 7.61. The van der Waals surface area contributed by atoms with Crippen LogP contribution in [-0.4, -0.2) is 135 Å². The van der Waals surface area contributed by atoms with Gasteiger partial charge in [-0.1, -0.05) is 0 Å². The molecule has 4 fully saturated rings. The van der Waals surface area contributed by atoms with Gasteiger partial charge in [-0.15, -0.1) is 11.3 Å². The maximum atomic E-state index is 13.3. The Labute approximate surface area is 332 Å². The van der Waals surface area contributed by atoms with Crippen LogP contribution >= 0.6 is 11.3 Å². The van der Waals surface area contributed by atoms with Crippen LogP contribution in [0.1, 0.15) is 59.2 Å². The Hall–Kier alpha value is -4.56. The summed E-state index contributed by atoms with van der Waals surface area (Å²) in [4.78, 5) is 54.4. The molecule has 294 valence electrons. The number of piperazine rings is 1. The van der Waals surface area contributed by atoms with E-state index >= 15 is 0 Å². The number of benzene rings is 3. The second-order valence-electron chi connectivity index (χ2n) is 16.1. The number of nitrogens with zero attached hydrogens (tertiary/aromatic N) is 6. The van der Waals surface area contributed by atoms with Gasteiger partial charge in [-0.25, -0.2) is 4.98 Å². The van der Waals surface area contributed by atoms with Gasteiger partial charge in [0.2, 0.25) is 5.91 Å². The van der Waals surface area contributed by atoms with Crippen molar-refractivity contribution in [2.24, 2.45) is 0 Å². The topological polar surface area (TPSA) is 111 Å². The lowest BCUT2D eigenvalue weighted by Crippen LogP contribution is -2.52. The predicted molar refractivity (Wildman–Crippen MR) is 219 cm³/mol. The second kappa shape index (κ2) is 15.8. The van der Waals surface area contributed by atoms with Gasteiger partial charge in [0.25, 0.3) is 11.8 Å². The van der Waals surface area contributed by atoms with E-state index in [0.717, 1.165) is 117 Å². The molecule has 3 amide bonds. The molecule has 3 saturated heterocycles. The van der Waals surface area contributed by atoms with Crippen molar-refractivity contribution >= 4 is 50.6 Å². The number of anilines is 2. The smallest absolute Gasteiger partial charge is 0.262 e. The molecule has 4 aromatic rings. The number of ether oxygens (including phenoxy) is 2. The summed E-state index contributed by atoms with van der Waals surface area (Å²) in [5.41, 5.74) is 5.08. The Morgan fingerprint density at radius 2 is 1.52 bits per heavy atom. The van der Waals surface area contributed by atoms with Gasteiger partial charge in [-0.3, -0.25) is 24.2 Å². The third-order valence-electron chi connectivity index (χ3n) is 12.2. The predicted octanol–water partition coefficient (Wildman–Crippen LogP) is 5.12. The van der Waals surface area contributed by atoms with Gasteiger partial charge < -0.3 is 29.5 Å². The van der Waals surface area contributed by atoms with Crippen LogP contribution in [0.25, 0.3) is 20.8 Å². The first kappa shape index (κ1) is 37.0. The molecule has 13 heteroatoms. The molecule has 1 aliphatic carbocycles. The summed E-state index contributed by atoms with van der Waals surface area (Å²) >= 11 is 1.71. The lowest BCUT2D eigenvalue weighted by molar-refractivity contribution is -0.126. The van der Waals surface area contributed by atoms with Crippen molar-refractivity contribution in [3.8, 4) is 16.3 Å². The highest BCUT2D eigenvalue weighted by atomic mass is 32.1. The molecule has 1 unspecified atom stereocenters. The number of thiazole rings is 1. The number of aromatic nitrogens is 1. The number of imide groups is 1. The van der Waals surface area contributed by atoms with Gasteiger partial charge in [0, 0.05) is 103 Å². The monoisotopic (exact) mass is 777 g/mol. The van der Waals surface area contributed by atoms with Crippen LogP contribution in [0.15, 0.2) is 60.7 Å². The van der Waals surface area contributed by atoms with Crippen LogP contribution in [0.4, 0.5) is 11.4 Å². The summed E-state index contributed by atoms with van der Waals surface area (Å²) < 4.78 is 14.0. The number of nitrogens with one attached hydrogen (secondary N) is 1. The van der Waals surface area contributed by atoms with Crippen molar-refractivity contribution in [2.45, 2.75) is 62.9 Å². The largest absolute Gasteiger partial charge is 0.490 e. The number of amides is 3. The molecule has 0 radical (unpaired) electrons. The summed E-state index contributed by atoms with van der Waals surface area (Å²) in [5, 5.41) is 3.82. The van der Waals surface area contributed by atoms with Crippen molar-refractivity contribution < 1.29 is 23.9 Å². The van der Waals surface area contributed by atoms with E-state index in [0.29, 0.717) is 30.2 Å². The summed E-state index contributed by atoms with van der Waals surface area (Å²) in [6, 6.07) is 19.6. The molecular formula is C43H51N7O5S. The van der Waals surface area contributed by atoms with E-state index in [9.17, 15) is 14.4 Å². The van der Waals surface area contributed by atoms with E-state index in [-0.39, 0.29) is 29.9 Å². The number of carbonyl (C=O) groups excluding carboxylic acids is 3. The highest BCUT2D eigenvalue weighted by Crippen LogP contribution is 2.36. The van der Waals surface area contributed by atoms with Gasteiger partial charge >= 0.3 is 0 Å². The van der Waals surface area contributed by atoms with Crippen molar-refractivity contribution in [1.29, 1.82) is 0 Å². The molecule has 4 aliphatic heterocycles. The van der Waals surface area contributed by atoms with Crippen molar-refractivity contribution in [3.05, 3.63) is 71.8 Å². The molecule has 5 aliphatic rings. The zero-order valence-electron chi connectivity index (χ0n) is 32.3. The molecule has 0 bridgehead atoms. The van der Waals surface area contributed by atoms with Crippen LogP contribution in [0.3, 0.4) is 0 Å². The molecule has 3 aromatic carbocycles. The number of rotatable bonds is 11. The minimum atomic E-state index is -0.720. The maximum Gasteiger partial charge on any atom is 0.262 e. The Morgan fingerprint density at radius 3 is 2.25 bits per heavy atom. The molecule has 0 spiro atoms. The van der Waals surface area contributed by atoms with E-state index in [4.69, 9.17) is 14.5 Å². The zero-order valence-corrected chi connectivity index (χ0v) is 33.1. The van der Waals surface area contributed by atoms with Gasteiger partial charge in [0.05, 0.1) is 33.6 Å². The quantitative estimate of drug-likeness (QED) is 0.206. The lowest BCUT2D eigenvalue weighted by atomic mass is 9.91. The summed E-state index contributed by atoms with van der Waals surface area (Å²) in [6.07, 6.45) is 6.08. The fraction of sp³-hybridized carbons (Fsp3) is 0.488. The highest BCUT2D eigenvalue weighted by molar-refractivity contribution is 7.21. The Balaban J connectivity index is 0.675. The summed E-state index contributed by atoms with van der Waals surface area (Å²) in [6.45, 7) is 8.45. The number of hydrogen-bond donors (Lipinski definition) is 1. The molecular weight excluding hydrogens is 727 g/mol. The van der Waals surface area contributed by atoms with Crippen LogP contribution in [0.2, 0.25) is 0 Å². The fourth-order valence-corrected chi connectivity index (χ4v) is 9.70. The molecule has 1 aromatic heterocycles. The molecule has 1 atom stereocenters. The summed E-state index contributed by atoms with van der Waals surface area (Å²) in [5.74, 6) is -0.0519. The normalized spacial score (nSPS) is 23.7. The van der Waals surface area contributed by atoms with Crippen molar-refractivity contribution in [1.82, 2.24) is 25.0 Å². The number of carbonyl (C=O) groups is 3. The second-order valence-corrected chi connectivity index (χ2v) is 17.1. The lowest BCUT2D eigenvalue weighted by Gasteiger charge is -2.40. The van der Waals surface area contributed by atoms with E-state index in [1.54, 1.807) is 17.4 Å². The Morgan fingerprint density at radius 1 is 0.786 bits per heavy atom.